The van der Waals surface area contributed by atoms with E-state index in [4.69, 9.17) is 0 Å². The van der Waals surface area contributed by atoms with Gasteiger partial charge in [0, 0.05) is 37.6 Å². The van der Waals surface area contributed by atoms with Gasteiger partial charge in [-0.15, -0.1) is 11.3 Å². The van der Waals surface area contributed by atoms with E-state index in [1.165, 1.54) is 23.3 Å². The SMILES string of the molecule is O=C(N1CCN(Cc2ccsc2)CC1)C1(c2cccs2)CCCC1. The second kappa shape index (κ2) is 6.98. The van der Waals surface area contributed by atoms with Gasteiger partial charge >= 0.3 is 0 Å². The molecule has 0 aromatic carbocycles. The monoisotopic (exact) mass is 360 g/mol. The van der Waals surface area contributed by atoms with Crippen molar-refractivity contribution in [3.05, 3.63) is 44.8 Å². The molecule has 5 heteroatoms. The largest absolute Gasteiger partial charge is 0.339 e. The lowest BCUT2D eigenvalue weighted by Gasteiger charge is -2.39. The topological polar surface area (TPSA) is 23.6 Å². The number of hydrogen-bond donors (Lipinski definition) is 0. The fourth-order valence-corrected chi connectivity index (χ4v) is 5.79. The average molecular weight is 361 g/mol. The van der Waals surface area contributed by atoms with E-state index in [1.807, 2.05) is 0 Å². The lowest BCUT2D eigenvalue weighted by molar-refractivity contribution is -0.139. The minimum Gasteiger partial charge on any atom is -0.339 e. The van der Waals surface area contributed by atoms with Crippen molar-refractivity contribution >= 4 is 28.6 Å². The number of amides is 1. The average Bonchev–Trinajstić information content (AvgIpc) is 3.36. The molecule has 0 N–H and O–H groups in total. The number of hydrogen-bond acceptors (Lipinski definition) is 4. The molecule has 1 saturated carbocycles. The summed E-state index contributed by atoms with van der Waals surface area (Å²) >= 11 is 3.52. The van der Waals surface area contributed by atoms with Crippen molar-refractivity contribution in [1.29, 1.82) is 0 Å². The Kier molecular flexibility index (Phi) is 4.74. The first-order valence-corrected chi connectivity index (χ1v) is 10.7. The Balaban J connectivity index is 1.42. The van der Waals surface area contributed by atoms with Crippen molar-refractivity contribution in [2.45, 2.75) is 37.6 Å². The Bertz CT molecular complexity index is 652. The van der Waals surface area contributed by atoms with Gasteiger partial charge in [0.1, 0.15) is 0 Å². The fourth-order valence-electron chi connectivity index (χ4n) is 4.15. The van der Waals surface area contributed by atoms with Crippen LogP contribution in [-0.2, 0) is 16.8 Å². The zero-order chi connectivity index (χ0) is 16.4. The van der Waals surface area contributed by atoms with Gasteiger partial charge in [0.05, 0.1) is 5.41 Å². The fraction of sp³-hybridized carbons (Fsp3) is 0.526. The van der Waals surface area contributed by atoms with E-state index < -0.39 is 0 Å². The third-order valence-corrected chi connectivity index (χ3v) is 7.31. The maximum atomic E-state index is 13.4. The van der Waals surface area contributed by atoms with E-state index in [0.717, 1.165) is 45.6 Å². The molecule has 1 aliphatic carbocycles. The molecule has 2 aromatic rings. The third kappa shape index (κ3) is 3.05. The minimum absolute atomic E-state index is 0.219. The second-order valence-electron chi connectivity index (χ2n) is 6.97. The summed E-state index contributed by atoms with van der Waals surface area (Å²) < 4.78 is 0. The Morgan fingerprint density at radius 2 is 1.88 bits per heavy atom. The van der Waals surface area contributed by atoms with Gasteiger partial charge in [-0.05, 0) is 46.7 Å². The van der Waals surface area contributed by atoms with Crippen LogP contribution >= 0.6 is 22.7 Å². The molecule has 2 aromatic heterocycles. The van der Waals surface area contributed by atoms with E-state index in [0.29, 0.717) is 5.91 Å². The smallest absolute Gasteiger partial charge is 0.234 e. The number of nitrogens with zero attached hydrogens (tertiary/aromatic N) is 2. The van der Waals surface area contributed by atoms with Gasteiger partial charge in [-0.3, -0.25) is 9.69 Å². The van der Waals surface area contributed by atoms with Gasteiger partial charge in [0.15, 0.2) is 0 Å². The summed E-state index contributed by atoms with van der Waals surface area (Å²) in [7, 11) is 0. The van der Waals surface area contributed by atoms with Crippen LogP contribution in [-0.4, -0.2) is 41.9 Å². The van der Waals surface area contributed by atoms with Crippen LogP contribution in [0.2, 0.25) is 0 Å². The van der Waals surface area contributed by atoms with Crippen molar-refractivity contribution in [3.63, 3.8) is 0 Å². The van der Waals surface area contributed by atoms with E-state index in [9.17, 15) is 4.79 Å². The molecule has 3 heterocycles. The van der Waals surface area contributed by atoms with E-state index in [-0.39, 0.29) is 5.41 Å². The molecule has 0 unspecified atom stereocenters. The van der Waals surface area contributed by atoms with Crippen LogP contribution in [0.1, 0.15) is 36.1 Å². The van der Waals surface area contributed by atoms with Crippen LogP contribution in [0.15, 0.2) is 34.3 Å². The van der Waals surface area contributed by atoms with Gasteiger partial charge in [-0.1, -0.05) is 18.9 Å². The molecule has 1 amide bonds. The Morgan fingerprint density at radius 3 is 2.50 bits per heavy atom. The van der Waals surface area contributed by atoms with Gasteiger partial charge in [-0.25, -0.2) is 0 Å². The van der Waals surface area contributed by atoms with Gasteiger partial charge < -0.3 is 4.90 Å². The molecule has 3 nitrogen and oxygen atoms in total. The molecule has 1 saturated heterocycles. The quantitative estimate of drug-likeness (QED) is 0.824. The summed E-state index contributed by atoms with van der Waals surface area (Å²) in [5, 5.41) is 6.48. The van der Waals surface area contributed by atoms with Gasteiger partial charge in [0.25, 0.3) is 0 Å². The summed E-state index contributed by atoms with van der Waals surface area (Å²) in [4.78, 5) is 19.2. The van der Waals surface area contributed by atoms with Gasteiger partial charge in [-0.2, -0.15) is 11.3 Å². The lowest BCUT2D eigenvalue weighted by atomic mass is 9.82. The van der Waals surface area contributed by atoms with Crippen LogP contribution < -0.4 is 0 Å². The van der Waals surface area contributed by atoms with Crippen LogP contribution in [0.3, 0.4) is 0 Å². The highest BCUT2D eigenvalue weighted by atomic mass is 32.1. The number of carbonyl (C=O) groups is 1. The Hall–Kier alpha value is -1.17. The molecule has 1 aliphatic heterocycles. The van der Waals surface area contributed by atoms with Crippen molar-refractivity contribution in [3.8, 4) is 0 Å². The minimum atomic E-state index is -0.219. The molecule has 0 radical (unpaired) electrons. The third-order valence-electron chi connectivity index (χ3n) is 5.51. The standard InChI is InChI=1S/C19H24N2OS2/c22-18(19(6-1-2-7-19)17-4-3-12-24-17)21-10-8-20(9-11-21)14-16-5-13-23-15-16/h3-5,12-13,15H,1-2,6-11,14H2. The zero-order valence-corrected chi connectivity index (χ0v) is 15.6. The van der Waals surface area contributed by atoms with E-state index in [2.05, 4.69) is 44.1 Å². The van der Waals surface area contributed by atoms with Crippen molar-refractivity contribution in [2.24, 2.45) is 0 Å². The highest BCUT2D eigenvalue weighted by Gasteiger charge is 2.46. The van der Waals surface area contributed by atoms with Crippen molar-refractivity contribution in [2.75, 3.05) is 26.2 Å². The molecule has 4 rings (SSSR count). The van der Waals surface area contributed by atoms with Crippen molar-refractivity contribution in [1.82, 2.24) is 9.80 Å². The summed E-state index contributed by atoms with van der Waals surface area (Å²) in [6.45, 7) is 4.73. The first-order chi connectivity index (χ1) is 11.8. The Morgan fingerprint density at radius 1 is 1.08 bits per heavy atom. The van der Waals surface area contributed by atoms with E-state index >= 15 is 0 Å². The van der Waals surface area contributed by atoms with Crippen LogP contribution in [0.4, 0.5) is 0 Å². The predicted octanol–water partition coefficient (Wildman–Crippen LogP) is 3.97. The van der Waals surface area contributed by atoms with E-state index in [1.54, 1.807) is 22.7 Å². The van der Waals surface area contributed by atoms with Crippen LogP contribution in [0.25, 0.3) is 0 Å². The van der Waals surface area contributed by atoms with Crippen LogP contribution in [0.5, 0.6) is 0 Å². The Labute approximate surface area is 151 Å². The normalized spacial score (nSPS) is 21.2. The highest BCUT2D eigenvalue weighted by molar-refractivity contribution is 7.10. The molecular weight excluding hydrogens is 336 g/mol. The highest BCUT2D eigenvalue weighted by Crippen LogP contribution is 2.44. The number of thiophene rings is 2. The number of piperazine rings is 1. The summed E-state index contributed by atoms with van der Waals surface area (Å²) in [6, 6.07) is 6.46. The lowest BCUT2D eigenvalue weighted by Crippen LogP contribution is -2.53. The first kappa shape index (κ1) is 16.3. The number of rotatable bonds is 4. The van der Waals surface area contributed by atoms with Gasteiger partial charge in [0.2, 0.25) is 5.91 Å². The molecule has 0 spiro atoms. The molecule has 0 bridgehead atoms. The first-order valence-electron chi connectivity index (χ1n) is 8.85. The predicted molar refractivity (Wildman–Crippen MR) is 101 cm³/mol. The zero-order valence-electron chi connectivity index (χ0n) is 13.9. The molecular formula is C19H24N2OS2. The second-order valence-corrected chi connectivity index (χ2v) is 8.69. The molecule has 128 valence electrons. The molecule has 24 heavy (non-hydrogen) atoms. The maximum absolute atomic E-state index is 13.4. The van der Waals surface area contributed by atoms with Crippen molar-refractivity contribution < 1.29 is 4.79 Å². The number of carbonyl (C=O) groups excluding carboxylic acids is 1. The maximum Gasteiger partial charge on any atom is 0.234 e. The van der Waals surface area contributed by atoms with Crippen LogP contribution in [0, 0.1) is 0 Å². The summed E-state index contributed by atoms with van der Waals surface area (Å²) in [6.07, 6.45) is 4.42. The molecule has 2 aliphatic rings. The molecule has 0 atom stereocenters. The molecule has 2 fully saturated rings. The summed E-state index contributed by atoms with van der Waals surface area (Å²) in [5.41, 5.74) is 1.18. The summed E-state index contributed by atoms with van der Waals surface area (Å²) in [5.74, 6) is 0.387.